The number of benzene rings is 1. The number of fused-ring (bicyclic) bond motifs is 1. The SMILES string of the molecule is CC1(C)OCC(C2OP(=O)(c3ccccc3)C(OC(=N)C(Cl)(Cl)Cl)C3OC(C)(C)OC23)O1. The van der Waals surface area contributed by atoms with Crippen LogP contribution in [0.15, 0.2) is 30.3 Å². The van der Waals surface area contributed by atoms with Crippen LogP contribution < -0.4 is 5.30 Å². The van der Waals surface area contributed by atoms with Crippen molar-refractivity contribution in [2.75, 3.05) is 6.61 Å². The summed E-state index contributed by atoms with van der Waals surface area (Å²) in [7, 11) is -3.86. The fraction of sp³-hybridized carbons (Fsp3) is 0.650. The van der Waals surface area contributed by atoms with Crippen molar-refractivity contribution in [1.29, 1.82) is 5.41 Å². The zero-order chi connectivity index (χ0) is 23.5. The second kappa shape index (κ2) is 8.36. The van der Waals surface area contributed by atoms with E-state index in [1.54, 1.807) is 58.0 Å². The second-order valence-electron chi connectivity index (χ2n) is 8.77. The standard InChI is InChI=1S/C20H25Cl3NO7P/c1-18(2)26-10-12(28-18)13-14-15(30-19(3,4)29-14)16(27-17(24)20(21,22)23)32(25,31-13)11-8-6-5-7-9-11/h5-9,12-16,24H,10H2,1-4H3. The van der Waals surface area contributed by atoms with Crippen LogP contribution in [0, 0.1) is 5.41 Å². The molecule has 32 heavy (non-hydrogen) atoms. The van der Waals surface area contributed by atoms with Crippen LogP contribution in [0.3, 0.4) is 0 Å². The molecule has 3 saturated heterocycles. The van der Waals surface area contributed by atoms with Crippen molar-refractivity contribution in [2.24, 2.45) is 0 Å². The van der Waals surface area contributed by atoms with Gasteiger partial charge in [-0.2, -0.15) is 0 Å². The molecule has 8 nitrogen and oxygen atoms in total. The summed E-state index contributed by atoms with van der Waals surface area (Å²) in [4.78, 5) is 0. The average Bonchev–Trinajstić information content (AvgIpc) is 3.21. The van der Waals surface area contributed by atoms with E-state index in [-0.39, 0.29) is 6.61 Å². The molecular formula is C20H25Cl3NO7P. The number of halogens is 3. The van der Waals surface area contributed by atoms with Crippen LogP contribution in [-0.2, 0) is 32.8 Å². The highest BCUT2D eigenvalue weighted by atomic mass is 35.6. The van der Waals surface area contributed by atoms with Gasteiger partial charge in [0.25, 0.3) is 11.2 Å². The summed E-state index contributed by atoms with van der Waals surface area (Å²) in [5.41, 5.74) is 0. The van der Waals surface area contributed by atoms with E-state index in [9.17, 15) is 4.57 Å². The van der Waals surface area contributed by atoms with E-state index < -0.39 is 58.9 Å². The molecule has 3 aliphatic rings. The number of ether oxygens (including phenoxy) is 5. The average molecular weight is 529 g/mol. The van der Waals surface area contributed by atoms with Crippen molar-refractivity contribution in [3.8, 4) is 0 Å². The van der Waals surface area contributed by atoms with E-state index in [1.165, 1.54) is 0 Å². The van der Waals surface area contributed by atoms with E-state index in [0.717, 1.165) is 0 Å². The third-order valence-corrected chi connectivity index (χ3v) is 8.55. The minimum atomic E-state index is -3.86. The van der Waals surface area contributed by atoms with Crippen LogP contribution in [0.2, 0.25) is 0 Å². The Morgan fingerprint density at radius 2 is 1.66 bits per heavy atom. The topological polar surface area (TPSA) is 96.3 Å². The van der Waals surface area contributed by atoms with E-state index in [4.69, 9.17) is 68.4 Å². The third kappa shape index (κ3) is 4.72. The molecule has 4 rings (SSSR count). The van der Waals surface area contributed by atoms with E-state index in [1.807, 2.05) is 0 Å². The van der Waals surface area contributed by atoms with E-state index in [0.29, 0.717) is 5.30 Å². The minimum absolute atomic E-state index is 0.217. The van der Waals surface area contributed by atoms with Crippen LogP contribution in [-0.4, -0.2) is 58.1 Å². The molecule has 1 N–H and O–H groups in total. The lowest BCUT2D eigenvalue weighted by atomic mass is 10.0. The lowest BCUT2D eigenvalue weighted by molar-refractivity contribution is -0.174. The Hall–Kier alpha value is -0.410. The molecule has 12 heteroatoms. The summed E-state index contributed by atoms with van der Waals surface area (Å²) in [6.45, 7) is 7.24. The van der Waals surface area contributed by atoms with Gasteiger partial charge in [0.2, 0.25) is 11.7 Å². The highest BCUT2D eigenvalue weighted by Gasteiger charge is 2.64. The Kier molecular flexibility index (Phi) is 6.46. The van der Waals surface area contributed by atoms with Gasteiger partial charge in [0.05, 0.1) is 6.61 Å². The lowest BCUT2D eigenvalue weighted by Gasteiger charge is -2.43. The molecule has 0 spiro atoms. The third-order valence-electron chi connectivity index (χ3n) is 5.39. The molecule has 0 saturated carbocycles. The van der Waals surface area contributed by atoms with E-state index >= 15 is 0 Å². The maximum absolute atomic E-state index is 14.5. The maximum Gasteiger partial charge on any atom is 0.274 e. The van der Waals surface area contributed by atoms with Crippen LogP contribution in [0.5, 0.6) is 0 Å². The monoisotopic (exact) mass is 527 g/mol. The smallest absolute Gasteiger partial charge is 0.274 e. The summed E-state index contributed by atoms with van der Waals surface area (Å²) in [6, 6.07) is 8.55. The summed E-state index contributed by atoms with van der Waals surface area (Å²) >= 11 is 17.5. The first-order valence-corrected chi connectivity index (χ1v) is 12.9. The number of alkyl halides is 3. The molecule has 1 aromatic rings. The molecule has 6 unspecified atom stereocenters. The molecule has 0 amide bonds. The predicted molar refractivity (Wildman–Crippen MR) is 120 cm³/mol. The minimum Gasteiger partial charge on any atom is -0.461 e. The maximum atomic E-state index is 14.5. The summed E-state index contributed by atoms with van der Waals surface area (Å²) in [5.74, 6) is -3.85. The van der Waals surface area contributed by atoms with Crippen molar-refractivity contribution in [3.63, 3.8) is 0 Å². The van der Waals surface area contributed by atoms with Gasteiger partial charge in [-0.1, -0.05) is 53.0 Å². The van der Waals surface area contributed by atoms with Crippen LogP contribution in [0.25, 0.3) is 0 Å². The highest BCUT2D eigenvalue weighted by Crippen LogP contribution is 2.61. The molecule has 0 aromatic heterocycles. The largest absolute Gasteiger partial charge is 0.461 e. The Morgan fingerprint density at radius 1 is 1.03 bits per heavy atom. The first kappa shape index (κ1) is 24.7. The fourth-order valence-corrected chi connectivity index (χ4v) is 6.85. The van der Waals surface area contributed by atoms with E-state index in [2.05, 4.69) is 0 Å². The molecule has 1 aromatic carbocycles. The quantitative estimate of drug-likeness (QED) is 0.270. The lowest BCUT2D eigenvalue weighted by Crippen LogP contribution is -2.56. The van der Waals surface area contributed by atoms with Crippen LogP contribution >= 0.6 is 42.2 Å². The molecule has 6 atom stereocenters. The normalized spacial score (nSPS) is 38.3. The molecule has 178 valence electrons. The van der Waals surface area contributed by atoms with Crippen molar-refractivity contribution in [3.05, 3.63) is 30.3 Å². The van der Waals surface area contributed by atoms with Gasteiger partial charge in [0, 0.05) is 5.30 Å². The van der Waals surface area contributed by atoms with Gasteiger partial charge in [-0.05, 0) is 39.8 Å². The van der Waals surface area contributed by atoms with Gasteiger partial charge in [-0.3, -0.25) is 9.97 Å². The Balaban J connectivity index is 1.78. The molecule has 3 heterocycles. The zero-order valence-electron chi connectivity index (χ0n) is 17.9. The Bertz CT molecular complexity index is 924. The zero-order valence-corrected chi connectivity index (χ0v) is 21.1. The number of nitrogens with one attached hydrogen (secondary N) is 1. The van der Waals surface area contributed by atoms with Gasteiger partial charge < -0.3 is 28.2 Å². The van der Waals surface area contributed by atoms with Gasteiger partial charge in [-0.15, -0.1) is 0 Å². The molecule has 3 aliphatic heterocycles. The van der Waals surface area contributed by atoms with Crippen molar-refractivity contribution < 1.29 is 32.8 Å². The predicted octanol–water partition coefficient (Wildman–Crippen LogP) is 4.35. The summed E-state index contributed by atoms with van der Waals surface area (Å²) < 4.78 is 48.3. The van der Waals surface area contributed by atoms with Gasteiger partial charge in [-0.25, -0.2) is 0 Å². The van der Waals surface area contributed by atoms with Crippen molar-refractivity contribution in [2.45, 2.75) is 73.3 Å². The van der Waals surface area contributed by atoms with Gasteiger partial charge in [0.1, 0.15) is 24.4 Å². The molecule has 0 bridgehead atoms. The molecular weight excluding hydrogens is 504 g/mol. The molecule has 0 radical (unpaired) electrons. The molecule has 0 aliphatic carbocycles. The van der Waals surface area contributed by atoms with Crippen LogP contribution in [0.1, 0.15) is 27.7 Å². The van der Waals surface area contributed by atoms with Gasteiger partial charge >= 0.3 is 0 Å². The summed E-state index contributed by atoms with van der Waals surface area (Å²) in [6.07, 6.45) is -2.99. The first-order chi connectivity index (χ1) is 14.7. The number of hydrogen-bond donors (Lipinski definition) is 1. The Morgan fingerprint density at radius 3 is 2.22 bits per heavy atom. The molecule has 3 fully saturated rings. The van der Waals surface area contributed by atoms with Gasteiger partial charge in [0.15, 0.2) is 11.6 Å². The first-order valence-electron chi connectivity index (χ1n) is 10.1. The van der Waals surface area contributed by atoms with Crippen molar-refractivity contribution in [1.82, 2.24) is 0 Å². The number of hydrogen-bond acceptors (Lipinski definition) is 8. The summed E-state index contributed by atoms with van der Waals surface area (Å²) in [5, 5.41) is 8.47. The Labute approximate surface area is 201 Å². The number of rotatable bonds is 3. The van der Waals surface area contributed by atoms with Crippen molar-refractivity contribution >= 4 is 53.4 Å². The fourth-order valence-electron chi connectivity index (χ4n) is 4.11. The van der Waals surface area contributed by atoms with Crippen LogP contribution in [0.4, 0.5) is 0 Å². The highest BCUT2D eigenvalue weighted by molar-refractivity contribution is 7.67. The second-order valence-corrected chi connectivity index (χ2v) is 13.5.